The summed E-state index contributed by atoms with van der Waals surface area (Å²) in [6, 6.07) is 7.07. The zero-order chi connectivity index (χ0) is 17.5. The van der Waals surface area contributed by atoms with Crippen molar-refractivity contribution < 1.29 is 9.59 Å². The predicted octanol–water partition coefficient (Wildman–Crippen LogP) is 0.713. The van der Waals surface area contributed by atoms with E-state index in [4.69, 9.17) is 0 Å². The van der Waals surface area contributed by atoms with Gasteiger partial charge in [0.25, 0.3) is 0 Å². The van der Waals surface area contributed by atoms with Crippen LogP contribution in [0.15, 0.2) is 59.3 Å². The third-order valence-electron chi connectivity index (χ3n) is 3.65. The van der Waals surface area contributed by atoms with E-state index in [1.807, 2.05) is 0 Å². The predicted molar refractivity (Wildman–Crippen MR) is 91.5 cm³/mol. The molecule has 0 bridgehead atoms. The third kappa shape index (κ3) is 4.77. The van der Waals surface area contributed by atoms with Gasteiger partial charge in [0.2, 0.25) is 11.8 Å². The molecule has 1 saturated carbocycles. The van der Waals surface area contributed by atoms with E-state index in [9.17, 15) is 9.59 Å². The number of amides is 2. The van der Waals surface area contributed by atoms with E-state index in [-0.39, 0.29) is 23.7 Å². The van der Waals surface area contributed by atoms with Crippen molar-refractivity contribution in [2.24, 2.45) is 22.0 Å². The van der Waals surface area contributed by atoms with Gasteiger partial charge in [-0.25, -0.2) is 10.9 Å². The fourth-order valence-electron chi connectivity index (χ4n) is 2.18. The molecule has 0 spiro atoms. The minimum Gasteiger partial charge on any atom is -0.273 e. The highest BCUT2D eigenvalue weighted by Gasteiger charge is 2.48. The summed E-state index contributed by atoms with van der Waals surface area (Å²) in [5, 5.41) is 7.76. The van der Waals surface area contributed by atoms with Gasteiger partial charge in [0.05, 0.1) is 24.3 Å². The molecular formula is C17H16N6O2. The van der Waals surface area contributed by atoms with Crippen LogP contribution < -0.4 is 10.9 Å². The van der Waals surface area contributed by atoms with Gasteiger partial charge in [-0.05, 0) is 41.8 Å². The third-order valence-corrected chi connectivity index (χ3v) is 3.65. The van der Waals surface area contributed by atoms with Gasteiger partial charge in [-0.15, -0.1) is 0 Å². The number of hydrazone groups is 2. The zero-order valence-corrected chi connectivity index (χ0v) is 13.2. The van der Waals surface area contributed by atoms with Gasteiger partial charge in [-0.2, -0.15) is 10.2 Å². The first-order valence-corrected chi connectivity index (χ1v) is 7.70. The Hall–Kier alpha value is -3.42. The Morgan fingerprint density at radius 3 is 1.64 bits per heavy atom. The molecule has 2 aromatic heterocycles. The van der Waals surface area contributed by atoms with Crippen molar-refractivity contribution in [3.63, 3.8) is 0 Å². The van der Waals surface area contributed by atoms with Crippen molar-refractivity contribution in [1.29, 1.82) is 0 Å². The van der Waals surface area contributed by atoms with E-state index in [1.165, 1.54) is 12.4 Å². The van der Waals surface area contributed by atoms with Crippen LogP contribution in [0.3, 0.4) is 0 Å². The average Bonchev–Trinajstić information content (AvgIpc) is 3.44. The molecular weight excluding hydrogens is 320 g/mol. The summed E-state index contributed by atoms with van der Waals surface area (Å²) in [7, 11) is 0. The lowest BCUT2D eigenvalue weighted by molar-refractivity contribution is -0.127. The van der Waals surface area contributed by atoms with Crippen molar-refractivity contribution in [2.75, 3.05) is 0 Å². The van der Waals surface area contributed by atoms with E-state index < -0.39 is 0 Å². The number of nitrogens with one attached hydrogen (secondary N) is 2. The maximum absolute atomic E-state index is 11.9. The second-order valence-corrected chi connectivity index (χ2v) is 5.48. The number of hydrogen-bond donors (Lipinski definition) is 2. The van der Waals surface area contributed by atoms with Crippen molar-refractivity contribution in [3.05, 3.63) is 60.2 Å². The Balaban J connectivity index is 1.42. The Kier molecular flexibility index (Phi) is 5.20. The van der Waals surface area contributed by atoms with Gasteiger partial charge in [0.15, 0.2) is 0 Å². The van der Waals surface area contributed by atoms with Crippen molar-refractivity contribution in [1.82, 2.24) is 20.8 Å². The molecule has 2 amide bonds. The van der Waals surface area contributed by atoms with Crippen LogP contribution in [0.1, 0.15) is 17.5 Å². The van der Waals surface area contributed by atoms with Crippen LogP contribution in [0, 0.1) is 11.8 Å². The Morgan fingerprint density at radius 1 is 0.840 bits per heavy atom. The molecule has 2 heterocycles. The lowest BCUT2D eigenvalue weighted by Crippen LogP contribution is -2.25. The summed E-state index contributed by atoms with van der Waals surface area (Å²) < 4.78 is 0. The molecule has 3 rings (SSSR count). The van der Waals surface area contributed by atoms with Gasteiger partial charge >= 0.3 is 0 Å². The van der Waals surface area contributed by atoms with Crippen molar-refractivity contribution in [3.8, 4) is 0 Å². The van der Waals surface area contributed by atoms with E-state index in [1.54, 1.807) is 49.1 Å². The monoisotopic (exact) mass is 336 g/mol. The molecule has 1 fully saturated rings. The Labute approximate surface area is 144 Å². The van der Waals surface area contributed by atoms with Crippen molar-refractivity contribution >= 4 is 24.2 Å². The van der Waals surface area contributed by atoms with Gasteiger partial charge in [0, 0.05) is 24.8 Å². The highest BCUT2D eigenvalue weighted by atomic mass is 16.2. The van der Waals surface area contributed by atoms with Crippen LogP contribution >= 0.6 is 0 Å². The highest BCUT2D eigenvalue weighted by Crippen LogP contribution is 2.38. The van der Waals surface area contributed by atoms with Gasteiger partial charge in [-0.3, -0.25) is 19.6 Å². The second kappa shape index (κ2) is 7.91. The van der Waals surface area contributed by atoms with E-state index >= 15 is 0 Å². The molecule has 2 N–H and O–H groups in total. The molecule has 25 heavy (non-hydrogen) atoms. The summed E-state index contributed by atoms with van der Waals surface area (Å²) in [5.41, 5.74) is 6.54. The molecule has 8 nitrogen and oxygen atoms in total. The molecule has 0 saturated heterocycles. The SMILES string of the molecule is O=C(N/N=C\c1ccncc1)[C@H]1C[C@H]1C(=O)N/N=C\c1ccncc1. The lowest BCUT2D eigenvalue weighted by atomic mass is 10.3. The number of pyridine rings is 2. The van der Waals surface area contributed by atoms with Crippen LogP contribution in [0.25, 0.3) is 0 Å². The lowest BCUT2D eigenvalue weighted by Gasteiger charge is -1.99. The first kappa shape index (κ1) is 16.4. The van der Waals surface area contributed by atoms with Crippen LogP contribution in [-0.4, -0.2) is 34.2 Å². The second-order valence-electron chi connectivity index (χ2n) is 5.48. The van der Waals surface area contributed by atoms with Crippen LogP contribution in [0.5, 0.6) is 0 Å². The van der Waals surface area contributed by atoms with Crippen LogP contribution in [-0.2, 0) is 9.59 Å². The minimum absolute atomic E-state index is 0.274. The molecule has 0 aromatic carbocycles. The molecule has 0 aliphatic heterocycles. The van der Waals surface area contributed by atoms with Crippen molar-refractivity contribution in [2.45, 2.75) is 6.42 Å². The van der Waals surface area contributed by atoms with Crippen LogP contribution in [0.4, 0.5) is 0 Å². The summed E-state index contributed by atoms with van der Waals surface area (Å²) in [5.74, 6) is -1.29. The maximum Gasteiger partial charge on any atom is 0.244 e. The summed E-state index contributed by atoms with van der Waals surface area (Å²) in [6.07, 6.45) is 10.1. The standard InChI is InChI=1S/C17H16N6O2/c24-16(22-20-10-12-1-5-18-6-2-12)14-9-15(14)17(25)23-21-11-13-3-7-19-8-4-13/h1-8,10-11,14-15H,9H2,(H,22,24)(H,23,25)/b20-10-,21-11-/t14-,15+. The number of hydrogen-bond acceptors (Lipinski definition) is 6. The quantitative estimate of drug-likeness (QED) is 0.598. The first-order valence-electron chi connectivity index (χ1n) is 7.70. The van der Waals surface area contributed by atoms with Gasteiger partial charge in [-0.1, -0.05) is 0 Å². The summed E-state index contributed by atoms with van der Waals surface area (Å²) in [6.45, 7) is 0. The van der Waals surface area contributed by atoms with Gasteiger partial charge in [0.1, 0.15) is 0 Å². The van der Waals surface area contributed by atoms with E-state index in [0.717, 1.165) is 11.1 Å². The number of carbonyl (C=O) groups is 2. The largest absolute Gasteiger partial charge is 0.273 e. The average molecular weight is 336 g/mol. The summed E-state index contributed by atoms with van der Waals surface area (Å²) in [4.78, 5) is 31.7. The minimum atomic E-state index is -0.370. The Bertz CT molecular complexity index is 724. The number of aromatic nitrogens is 2. The topological polar surface area (TPSA) is 109 Å². The highest BCUT2D eigenvalue weighted by molar-refractivity contribution is 5.93. The molecule has 0 unspecified atom stereocenters. The maximum atomic E-state index is 11.9. The first-order chi connectivity index (χ1) is 12.2. The van der Waals surface area contributed by atoms with E-state index in [2.05, 4.69) is 31.0 Å². The molecule has 1 aliphatic rings. The molecule has 2 atom stereocenters. The number of carbonyl (C=O) groups excluding carboxylic acids is 2. The smallest absolute Gasteiger partial charge is 0.244 e. The van der Waals surface area contributed by atoms with Gasteiger partial charge < -0.3 is 0 Å². The molecule has 126 valence electrons. The molecule has 1 aliphatic carbocycles. The molecule has 8 heteroatoms. The molecule has 2 aromatic rings. The fraction of sp³-hybridized carbons (Fsp3) is 0.176. The van der Waals surface area contributed by atoms with E-state index in [0.29, 0.717) is 6.42 Å². The normalized spacial score (nSPS) is 19.0. The van der Waals surface area contributed by atoms with Crippen LogP contribution in [0.2, 0.25) is 0 Å². The zero-order valence-electron chi connectivity index (χ0n) is 13.2. The Morgan fingerprint density at radius 2 is 1.24 bits per heavy atom. The fourth-order valence-corrected chi connectivity index (χ4v) is 2.18. The number of nitrogens with zero attached hydrogens (tertiary/aromatic N) is 4. The molecule has 0 radical (unpaired) electrons. The number of rotatable bonds is 6. The summed E-state index contributed by atoms with van der Waals surface area (Å²) >= 11 is 0.